The van der Waals surface area contributed by atoms with Gasteiger partial charge in [0.15, 0.2) is 11.7 Å². The van der Waals surface area contributed by atoms with Crippen LogP contribution in [0.15, 0.2) is 83.3 Å². The molecule has 2 aromatic heterocycles. The Balaban J connectivity index is 1.28. The van der Waals surface area contributed by atoms with Gasteiger partial charge in [-0.05, 0) is 47.5 Å². The lowest BCUT2D eigenvalue weighted by molar-refractivity contribution is 0.177. The molecule has 0 radical (unpaired) electrons. The third kappa shape index (κ3) is 4.15. The number of nitrogens with zero attached hydrogens (tertiary/aromatic N) is 3. The molecule has 5 rings (SSSR count). The number of oxazole rings is 1. The first kappa shape index (κ1) is 19.7. The Morgan fingerprint density at radius 3 is 2.75 bits per heavy atom. The van der Waals surface area contributed by atoms with Crippen LogP contribution >= 0.6 is 0 Å². The van der Waals surface area contributed by atoms with Crippen molar-refractivity contribution in [1.82, 2.24) is 9.97 Å². The van der Waals surface area contributed by atoms with Crippen molar-refractivity contribution in [3.63, 3.8) is 0 Å². The molecule has 0 fully saturated rings. The van der Waals surface area contributed by atoms with Gasteiger partial charge in [-0.2, -0.15) is 10.2 Å². The van der Waals surface area contributed by atoms with Gasteiger partial charge in [-0.3, -0.25) is 0 Å². The first-order valence-corrected chi connectivity index (χ1v) is 10.2. The molecule has 2 heterocycles. The second-order valence-electron chi connectivity index (χ2n) is 7.51. The molecule has 6 nitrogen and oxygen atoms in total. The van der Waals surface area contributed by atoms with Gasteiger partial charge in [0.05, 0.1) is 17.3 Å². The van der Waals surface area contributed by atoms with E-state index in [1.54, 1.807) is 6.07 Å². The highest BCUT2D eigenvalue weighted by molar-refractivity contribution is 5.78. The number of para-hydroxylation sites is 1. The molecule has 0 aliphatic rings. The van der Waals surface area contributed by atoms with Crippen LogP contribution < -0.4 is 4.74 Å². The summed E-state index contributed by atoms with van der Waals surface area (Å²) in [5.41, 5.74) is 4.58. The highest BCUT2D eigenvalue weighted by Crippen LogP contribution is 2.25. The maximum atomic E-state index is 10.8. The van der Waals surface area contributed by atoms with E-state index in [1.807, 2.05) is 78.9 Å². The summed E-state index contributed by atoms with van der Waals surface area (Å²) < 4.78 is 11.2. The number of hydrogen-bond donors (Lipinski definition) is 1. The van der Waals surface area contributed by atoms with Gasteiger partial charge in [-0.1, -0.05) is 42.5 Å². The standard InChI is InChI=1S/C26H19N3O3/c27-15-26-29-23-12-17(8-11-25(23)32-26)13-24(30)19-5-3-6-21(14-19)31-16-20-10-9-18-4-1-2-7-22(18)28-20/h1-12,14,24,30H,13,16H2. The molecule has 1 unspecified atom stereocenters. The molecular formula is C26H19N3O3. The van der Waals surface area contributed by atoms with Crippen LogP contribution in [-0.2, 0) is 13.0 Å². The monoisotopic (exact) mass is 421 g/mol. The fourth-order valence-electron chi connectivity index (χ4n) is 3.65. The number of aliphatic hydroxyl groups excluding tert-OH is 1. The van der Waals surface area contributed by atoms with Crippen LogP contribution in [0.25, 0.3) is 22.0 Å². The van der Waals surface area contributed by atoms with E-state index in [2.05, 4.69) is 9.97 Å². The molecule has 0 amide bonds. The van der Waals surface area contributed by atoms with E-state index in [0.717, 1.165) is 27.7 Å². The highest BCUT2D eigenvalue weighted by atomic mass is 16.5. The van der Waals surface area contributed by atoms with Crippen LogP contribution in [0.5, 0.6) is 5.75 Å². The molecule has 3 aromatic carbocycles. The van der Waals surface area contributed by atoms with Crippen molar-refractivity contribution in [1.29, 1.82) is 5.26 Å². The minimum atomic E-state index is -0.711. The third-order valence-electron chi connectivity index (χ3n) is 5.26. The van der Waals surface area contributed by atoms with E-state index in [-0.39, 0.29) is 5.89 Å². The Hall–Kier alpha value is -4.21. The highest BCUT2D eigenvalue weighted by Gasteiger charge is 2.12. The Labute approximate surface area is 184 Å². The number of aromatic nitrogens is 2. The number of ether oxygens (including phenoxy) is 1. The first-order chi connectivity index (χ1) is 15.7. The van der Waals surface area contributed by atoms with Crippen molar-refractivity contribution in [2.45, 2.75) is 19.1 Å². The van der Waals surface area contributed by atoms with Crippen LogP contribution in [0.1, 0.15) is 28.8 Å². The minimum Gasteiger partial charge on any atom is -0.487 e. The molecule has 5 aromatic rings. The van der Waals surface area contributed by atoms with Gasteiger partial charge in [-0.25, -0.2) is 4.98 Å². The predicted octanol–water partition coefficient (Wildman–Crippen LogP) is 5.10. The second-order valence-corrected chi connectivity index (χ2v) is 7.51. The van der Waals surface area contributed by atoms with Gasteiger partial charge < -0.3 is 14.3 Å². The van der Waals surface area contributed by atoms with E-state index >= 15 is 0 Å². The number of hydrogen-bond acceptors (Lipinski definition) is 6. The zero-order chi connectivity index (χ0) is 21.9. The molecule has 0 bridgehead atoms. The van der Waals surface area contributed by atoms with Crippen molar-refractivity contribution < 1.29 is 14.3 Å². The van der Waals surface area contributed by atoms with Crippen LogP contribution in [0.4, 0.5) is 0 Å². The molecule has 0 spiro atoms. The average Bonchev–Trinajstić information content (AvgIpc) is 3.25. The number of nitriles is 1. The largest absolute Gasteiger partial charge is 0.487 e. The van der Waals surface area contributed by atoms with E-state index in [1.165, 1.54) is 0 Å². The van der Waals surface area contributed by atoms with Crippen molar-refractivity contribution in [2.24, 2.45) is 0 Å². The summed E-state index contributed by atoms with van der Waals surface area (Å²) in [6, 6.07) is 26.7. The summed E-state index contributed by atoms with van der Waals surface area (Å²) in [5, 5.41) is 20.8. The van der Waals surface area contributed by atoms with Gasteiger partial charge in [0.2, 0.25) is 0 Å². The maximum Gasteiger partial charge on any atom is 0.301 e. The van der Waals surface area contributed by atoms with Crippen molar-refractivity contribution in [3.05, 3.63) is 102 Å². The summed E-state index contributed by atoms with van der Waals surface area (Å²) in [5.74, 6) is 0.700. The van der Waals surface area contributed by atoms with Crippen LogP contribution in [0.3, 0.4) is 0 Å². The lowest BCUT2D eigenvalue weighted by Gasteiger charge is -2.13. The van der Waals surface area contributed by atoms with Crippen molar-refractivity contribution >= 4 is 22.0 Å². The lowest BCUT2D eigenvalue weighted by atomic mass is 10.0. The zero-order valence-electron chi connectivity index (χ0n) is 17.1. The Morgan fingerprint density at radius 2 is 1.84 bits per heavy atom. The third-order valence-corrected chi connectivity index (χ3v) is 5.26. The van der Waals surface area contributed by atoms with Gasteiger partial charge >= 0.3 is 5.89 Å². The van der Waals surface area contributed by atoms with E-state index in [4.69, 9.17) is 14.4 Å². The maximum absolute atomic E-state index is 10.8. The summed E-state index contributed by atoms with van der Waals surface area (Å²) in [6.45, 7) is 0.342. The SMILES string of the molecule is N#Cc1nc2cc(CC(O)c3cccc(OCc4ccc5ccccc5n4)c3)ccc2o1. The normalized spacial score (nSPS) is 12.0. The Morgan fingerprint density at radius 1 is 0.938 bits per heavy atom. The molecule has 1 N–H and O–H groups in total. The first-order valence-electron chi connectivity index (χ1n) is 10.2. The average molecular weight is 421 g/mol. The number of fused-ring (bicyclic) bond motifs is 2. The zero-order valence-corrected chi connectivity index (χ0v) is 17.1. The molecule has 6 heteroatoms. The molecule has 32 heavy (non-hydrogen) atoms. The molecule has 0 aliphatic carbocycles. The second kappa shape index (κ2) is 8.50. The van der Waals surface area contributed by atoms with E-state index in [0.29, 0.717) is 29.9 Å². The predicted molar refractivity (Wildman–Crippen MR) is 120 cm³/mol. The molecule has 0 saturated heterocycles. The molecule has 156 valence electrons. The minimum absolute atomic E-state index is 0.0310. The van der Waals surface area contributed by atoms with E-state index < -0.39 is 6.10 Å². The topological polar surface area (TPSA) is 92.2 Å². The number of rotatable bonds is 6. The smallest absolute Gasteiger partial charge is 0.301 e. The number of pyridine rings is 1. The fourth-order valence-corrected chi connectivity index (χ4v) is 3.65. The summed E-state index contributed by atoms with van der Waals surface area (Å²) in [4.78, 5) is 8.75. The summed E-state index contributed by atoms with van der Waals surface area (Å²) in [6.07, 6.45) is -0.308. The van der Waals surface area contributed by atoms with Crippen molar-refractivity contribution in [2.75, 3.05) is 0 Å². The number of benzene rings is 3. The van der Waals surface area contributed by atoms with Gasteiger partial charge in [-0.15, -0.1) is 0 Å². The van der Waals surface area contributed by atoms with Crippen LogP contribution in [0.2, 0.25) is 0 Å². The molecule has 0 aliphatic heterocycles. The van der Waals surface area contributed by atoms with E-state index in [9.17, 15) is 5.11 Å². The van der Waals surface area contributed by atoms with Crippen LogP contribution in [0, 0.1) is 11.3 Å². The lowest BCUT2D eigenvalue weighted by Crippen LogP contribution is -2.03. The molecule has 0 saturated carbocycles. The van der Waals surface area contributed by atoms with Gasteiger partial charge in [0, 0.05) is 11.8 Å². The Bertz CT molecular complexity index is 1450. The van der Waals surface area contributed by atoms with Crippen LogP contribution in [-0.4, -0.2) is 15.1 Å². The van der Waals surface area contributed by atoms with Gasteiger partial charge in [0.1, 0.15) is 17.9 Å². The summed E-state index contributed by atoms with van der Waals surface area (Å²) >= 11 is 0. The molecular weight excluding hydrogens is 402 g/mol. The van der Waals surface area contributed by atoms with Crippen molar-refractivity contribution in [3.8, 4) is 11.8 Å². The number of aliphatic hydroxyl groups is 1. The molecule has 1 atom stereocenters. The summed E-state index contributed by atoms with van der Waals surface area (Å²) in [7, 11) is 0. The van der Waals surface area contributed by atoms with Gasteiger partial charge in [0.25, 0.3) is 0 Å². The Kier molecular flexibility index (Phi) is 5.24. The quantitative estimate of drug-likeness (QED) is 0.410. The fraction of sp³-hybridized carbons (Fsp3) is 0.115.